The quantitative estimate of drug-likeness (QED) is 0.543. The first kappa shape index (κ1) is 12.5. The van der Waals surface area contributed by atoms with E-state index in [1.54, 1.807) is 0 Å². The van der Waals surface area contributed by atoms with Crippen LogP contribution in [0, 0.1) is 0 Å². The maximum Gasteiger partial charge on any atom is 0.0623 e. The number of rotatable bonds is 5. The maximum atomic E-state index is 4.01. The molecule has 0 bridgehead atoms. The van der Waals surface area contributed by atoms with Gasteiger partial charge < -0.3 is 0 Å². The predicted molar refractivity (Wildman–Crippen MR) is 71.4 cm³/mol. The Morgan fingerprint density at radius 2 is 1.94 bits per heavy atom. The van der Waals surface area contributed by atoms with E-state index >= 15 is 0 Å². The maximum absolute atomic E-state index is 4.01. The van der Waals surface area contributed by atoms with Crippen molar-refractivity contribution < 1.29 is 0 Å². The fourth-order valence-electron chi connectivity index (χ4n) is 1.72. The van der Waals surface area contributed by atoms with Crippen molar-refractivity contribution in [2.45, 2.75) is 27.2 Å². The molecule has 0 unspecified atom stereocenters. The van der Waals surface area contributed by atoms with Crippen LogP contribution >= 0.6 is 0 Å². The first-order valence-corrected chi connectivity index (χ1v) is 5.76. The highest BCUT2D eigenvalue weighted by Crippen LogP contribution is 2.19. The zero-order valence-corrected chi connectivity index (χ0v) is 10.4. The highest BCUT2D eigenvalue weighted by atomic mass is 15.4. The molecule has 0 saturated heterocycles. The first-order valence-electron chi connectivity index (χ1n) is 5.76. The topological polar surface area (TPSA) is 15.6 Å². The van der Waals surface area contributed by atoms with Gasteiger partial charge in [-0.25, -0.2) is 0 Å². The summed E-state index contributed by atoms with van der Waals surface area (Å²) in [7, 11) is 0. The molecule has 0 N–H and O–H groups in total. The minimum Gasteiger partial charge on any atom is -0.266 e. The van der Waals surface area contributed by atoms with Crippen LogP contribution < -0.4 is 0 Å². The summed E-state index contributed by atoms with van der Waals surface area (Å²) in [6.07, 6.45) is 3.14. The lowest BCUT2D eigenvalue weighted by molar-refractivity contribution is 0.449. The van der Waals surface area contributed by atoms with Crippen LogP contribution in [0.1, 0.15) is 31.9 Å². The number of nitrogens with zero attached hydrogens (tertiary/aromatic N) is 2. The molecular formula is C14H20N2. The van der Waals surface area contributed by atoms with Gasteiger partial charge in [0.1, 0.15) is 0 Å². The van der Waals surface area contributed by atoms with Crippen LogP contribution in [0.15, 0.2) is 35.4 Å². The van der Waals surface area contributed by atoms with Gasteiger partial charge in [-0.3, -0.25) is 5.01 Å². The Bertz CT molecular complexity index is 363. The molecule has 0 amide bonds. The number of hydrazone groups is 1. The van der Waals surface area contributed by atoms with Crippen molar-refractivity contribution in [1.29, 1.82) is 0 Å². The number of aryl methyl sites for hydroxylation is 1. The second kappa shape index (κ2) is 6.11. The van der Waals surface area contributed by atoms with Crippen molar-refractivity contribution in [3.05, 3.63) is 41.5 Å². The van der Waals surface area contributed by atoms with Gasteiger partial charge in [-0.2, -0.15) is 5.10 Å². The smallest absolute Gasteiger partial charge is 0.0623 e. The zero-order valence-electron chi connectivity index (χ0n) is 10.4. The molecule has 0 aromatic heterocycles. The van der Waals surface area contributed by atoms with E-state index in [-0.39, 0.29) is 0 Å². The van der Waals surface area contributed by atoms with Crippen molar-refractivity contribution in [3.8, 4) is 0 Å². The van der Waals surface area contributed by atoms with E-state index in [1.807, 2.05) is 11.9 Å². The Hall–Kier alpha value is -1.57. The van der Waals surface area contributed by atoms with Crippen LogP contribution in [0.2, 0.25) is 0 Å². The molecule has 0 aliphatic rings. The Kier molecular flexibility index (Phi) is 4.77. The molecule has 0 heterocycles. The average molecular weight is 216 g/mol. The van der Waals surface area contributed by atoms with E-state index in [2.05, 4.69) is 56.0 Å². The Morgan fingerprint density at radius 3 is 2.31 bits per heavy atom. The highest BCUT2D eigenvalue weighted by Gasteiger charge is 2.06. The summed E-state index contributed by atoms with van der Waals surface area (Å²) < 4.78 is 0. The van der Waals surface area contributed by atoms with E-state index in [1.165, 1.54) is 11.1 Å². The van der Waals surface area contributed by atoms with E-state index in [0.29, 0.717) is 0 Å². The van der Waals surface area contributed by atoms with Gasteiger partial charge in [0.05, 0.1) is 5.70 Å². The normalized spacial score (nSPS) is 11.3. The van der Waals surface area contributed by atoms with Gasteiger partial charge in [-0.15, -0.1) is 0 Å². The van der Waals surface area contributed by atoms with Gasteiger partial charge in [0.2, 0.25) is 0 Å². The van der Waals surface area contributed by atoms with Gasteiger partial charge in [0.15, 0.2) is 0 Å². The van der Waals surface area contributed by atoms with Crippen molar-refractivity contribution in [2.75, 3.05) is 6.54 Å². The van der Waals surface area contributed by atoms with E-state index in [0.717, 1.165) is 18.7 Å². The lowest BCUT2D eigenvalue weighted by Gasteiger charge is -2.20. The largest absolute Gasteiger partial charge is 0.266 e. The highest BCUT2D eigenvalue weighted by molar-refractivity contribution is 5.64. The molecule has 2 heteroatoms. The van der Waals surface area contributed by atoms with Crippen LogP contribution in [0.4, 0.5) is 0 Å². The summed E-state index contributed by atoms with van der Waals surface area (Å²) in [5.74, 6) is 0. The van der Waals surface area contributed by atoms with Crippen LogP contribution in [0.5, 0.6) is 0 Å². The molecule has 0 aliphatic heterocycles. The fourth-order valence-corrected chi connectivity index (χ4v) is 1.72. The summed E-state index contributed by atoms with van der Waals surface area (Å²) in [6, 6.07) is 8.61. The summed E-state index contributed by atoms with van der Waals surface area (Å²) in [5, 5.41) is 5.92. The van der Waals surface area contributed by atoms with Crippen molar-refractivity contribution in [3.63, 3.8) is 0 Å². The molecule has 0 saturated carbocycles. The van der Waals surface area contributed by atoms with Gasteiger partial charge in [-0.1, -0.05) is 37.3 Å². The SMILES string of the molecule is C=NN(CC)/C(=C\C)c1ccc(CC)cc1. The molecule has 0 aliphatic carbocycles. The Morgan fingerprint density at radius 1 is 1.31 bits per heavy atom. The minimum atomic E-state index is 0.832. The van der Waals surface area contributed by atoms with Gasteiger partial charge in [-0.05, 0) is 31.4 Å². The predicted octanol–water partition coefficient (Wildman–Crippen LogP) is 3.55. The molecule has 0 fully saturated rings. The number of hydrogen-bond donors (Lipinski definition) is 0. The van der Waals surface area contributed by atoms with Crippen LogP contribution in [0.3, 0.4) is 0 Å². The second-order valence-electron chi connectivity index (χ2n) is 3.58. The molecule has 1 rings (SSSR count). The molecule has 86 valence electrons. The third-order valence-electron chi connectivity index (χ3n) is 2.68. The number of allylic oxidation sites excluding steroid dienone is 1. The molecular weight excluding hydrogens is 196 g/mol. The van der Waals surface area contributed by atoms with E-state index in [9.17, 15) is 0 Å². The molecule has 16 heavy (non-hydrogen) atoms. The van der Waals surface area contributed by atoms with Crippen LogP contribution in [-0.4, -0.2) is 18.3 Å². The monoisotopic (exact) mass is 216 g/mol. The molecule has 1 aromatic carbocycles. The summed E-state index contributed by atoms with van der Waals surface area (Å²) in [5.41, 5.74) is 3.66. The number of benzene rings is 1. The van der Waals surface area contributed by atoms with E-state index in [4.69, 9.17) is 0 Å². The number of hydrogen-bond acceptors (Lipinski definition) is 2. The first-order chi connectivity index (χ1) is 7.76. The lowest BCUT2D eigenvalue weighted by Crippen LogP contribution is -2.14. The van der Waals surface area contributed by atoms with Crippen molar-refractivity contribution in [1.82, 2.24) is 5.01 Å². The van der Waals surface area contributed by atoms with Crippen molar-refractivity contribution in [2.24, 2.45) is 5.10 Å². The molecule has 1 aromatic rings. The lowest BCUT2D eigenvalue weighted by atomic mass is 10.1. The third kappa shape index (κ3) is 2.72. The summed E-state index contributed by atoms with van der Waals surface area (Å²) in [6.45, 7) is 10.7. The van der Waals surface area contributed by atoms with Crippen molar-refractivity contribution >= 4 is 12.4 Å². The van der Waals surface area contributed by atoms with Gasteiger partial charge in [0, 0.05) is 13.3 Å². The van der Waals surface area contributed by atoms with Gasteiger partial charge >= 0.3 is 0 Å². The fraction of sp³-hybridized carbons (Fsp3) is 0.357. The Labute approximate surface area is 98.3 Å². The Balaban J connectivity index is 3.00. The average Bonchev–Trinajstić information content (AvgIpc) is 2.36. The summed E-state index contributed by atoms with van der Waals surface area (Å²) in [4.78, 5) is 0. The second-order valence-corrected chi connectivity index (χ2v) is 3.58. The molecule has 0 radical (unpaired) electrons. The third-order valence-corrected chi connectivity index (χ3v) is 2.68. The summed E-state index contributed by atoms with van der Waals surface area (Å²) >= 11 is 0. The zero-order chi connectivity index (χ0) is 12.0. The van der Waals surface area contributed by atoms with Crippen LogP contribution in [-0.2, 0) is 6.42 Å². The van der Waals surface area contributed by atoms with Crippen LogP contribution in [0.25, 0.3) is 5.70 Å². The standard InChI is InChI=1S/C14H20N2/c1-5-12-8-10-13(11-9-12)14(6-2)16(7-3)15-4/h6,8-11H,4-5,7H2,1-3H3/b14-6-. The molecule has 0 spiro atoms. The molecule has 0 atom stereocenters. The molecule has 2 nitrogen and oxygen atoms in total. The minimum absolute atomic E-state index is 0.832. The van der Waals surface area contributed by atoms with Gasteiger partial charge in [0.25, 0.3) is 0 Å². The van der Waals surface area contributed by atoms with E-state index < -0.39 is 0 Å².